The third-order valence-corrected chi connectivity index (χ3v) is 2.43. The number of rotatable bonds is 3. The highest BCUT2D eigenvalue weighted by Crippen LogP contribution is 2.29. The van der Waals surface area contributed by atoms with Gasteiger partial charge in [0.15, 0.2) is 5.43 Å². The van der Waals surface area contributed by atoms with Crippen LogP contribution in [0.4, 0.5) is 0 Å². The summed E-state index contributed by atoms with van der Waals surface area (Å²) in [5.41, 5.74) is -0.371. The molecule has 0 fully saturated rings. The summed E-state index contributed by atoms with van der Waals surface area (Å²) in [6.45, 7) is 0. The van der Waals surface area contributed by atoms with Gasteiger partial charge in [0.1, 0.15) is 22.5 Å². The molecule has 94 valence electrons. The molecule has 1 heterocycles. The molecule has 0 aliphatic heterocycles. The molecule has 6 heteroatoms. The minimum Gasteiger partial charge on any atom is -0.496 e. The van der Waals surface area contributed by atoms with Gasteiger partial charge in [-0.1, -0.05) is 0 Å². The number of hydrogen-bond acceptors (Lipinski definition) is 5. The zero-order valence-electron chi connectivity index (χ0n) is 9.72. The Kier molecular flexibility index (Phi) is 2.93. The van der Waals surface area contributed by atoms with E-state index in [0.29, 0.717) is 5.75 Å². The van der Waals surface area contributed by atoms with E-state index in [9.17, 15) is 9.59 Å². The van der Waals surface area contributed by atoms with E-state index in [4.69, 9.17) is 19.0 Å². The predicted molar refractivity (Wildman–Crippen MR) is 62.5 cm³/mol. The second-order valence-corrected chi connectivity index (χ2v) is 3.48. The summed E-state index contributed by atoms with van der Waals surface area (Å²) in [5.74, 6) is -1.06. The van der Waals surface area contributed by atoms with Crippen molar-refractivity contribution in [3.63, 3.8) is 0 Å². The van der Waals surface area contributed by atoms with Crippen LogP contribution in [0.5, 0.6) is 11.5 Å². The minimum absolute atomic E-state index is 0.108. The topological polar surface area (TPSA) is 86.0 Å². The molecule has 0 atom stereocenters. The summed E-state index contributed by atoms with van der Waals surface area (Å²) in [5, 5.41) is 9.01. The monoisotopic (exact) mass is 250 g/mol. The van der Waals surface area contributed by atoms with E-state index >= 15 is 0 Å². The Morgan fingerprint density at radius 2 is 1.94 bits per heavy atom. The lowest BCUT2D eigenvalue weighted by Crippen LogP contribution is -2.07. The molecule has 18 heavy (non-hydrogen) atoms. The summed E-state index contributed by atoms with van der Waals surface area (Å²) in [4.78, 5) is 22.6. The summed E-state index contributed by atoms with van der Waals surface area (Å²) in [6.07, 6.45) is 0. The van der Waals surface area contributed by atoms with Gasteiger partial charge in [-0.25, -0.2) is 4.79 Å². The van der Waals surface area contributed by atoms with Crippen molar-refractivity contribution in [1.82, 2.24) is 0 Å². The Bertz CT molecular complexity index is 670. The molecule has 6 nitrogen and oxygen atoms in total. The van der Waals surface area contributed by atoms with E-state index in [-0.39, 0.29) is 16.7 Å². The minimum atomic E-state index is -1.31. The van der Waals surface area contributed by atoms with Crippen molar-refractivity contribution in [2.45, 2.75) is 0 Å². The van der Waals surface area contributed by atoms with Gasteiger partial charge < -0.3 is 19.0 Å². The van der Waals surface area contributed by atoms with Gasteiger partial charge in [-0.05, 0) is 0 Å². The van der Waals surface area contributed by atoms with E-state index in [1.165, 1.54) is 26.4 Å². The average molecular weight is 250 g/mol. The highest BCUT2D eigenvalue weighted by atomic mass is 16.5. The number of aromatic carboxylic acids is 1. The standard InChI is InChI=1S/C12H10O6/c1-16-6-3-8(17-2)11-7(13)5-10(12(14)15)18-9(11)4-6/h3-5H,1-2H3,(H,14,15). The van der Waals surface area contributed by atoms with Crippen molar-refractivity contribution in [3.8, 4) is 11.5 Å². The molecule has 0 saturated carbocycles. The lowest BCUT2D eigenvalue weighted by atomic mass is 10.2. The Labute approximate surface area is 101 Å². The van der Waals surface area contributed by atoms with Crippen LogP contribution in [0.3, 0.4) is 0 Å². The lowest BCUT2D eigenvalue weighted by Gasteiger charge is -2.07. The van der Waals surface area contributed by atoms with Crippen LogP contribution in [-0.2, 0) is 0 Å². The number of carboxylic acid groups (broad SMARTS) is 1. The fraction of sp³-hybridized carbons (Fsp3) is 0.167. The van der Waals surface area contributed by atoms with E-state index in [1.54, 1.807) is 0 Å². The van der Waals surface area contributed by atoms with Crippen molar-refractivity contribution < 1.29 is 23.8 Å². The van der Waals surface area contributed by atoms with Crippen molar-refractivity contribution in [2.24, 2.45) is 0 Å². The zero-order chi connectivity index (χ0) is 13.3. The number of methoxy groups -OCH3 is 2. The van der Waals surface area contributed by atoms with Gasteiger partial charge >= 0.3 is 5.97 Å². The van der Waals surface area contributed by atoms with Crippen LogP contribution in [0.1, 0.15) is 10.6 Å². The van der Waals surface area contributed by atoms with Crippen LogP contribution in [-0.4, -0.2) is 25.3 Å². The van der Waals surface area contributed by atoms with Gasteiger partial charge in [0.25, 0.3) is 0 Å². The molecule has 0 radical (unpaired) electrons. The molecule has 0 aliphatic rings. The Morgan fingerprint density at radius 1 is 1.22 bits per heavy atom. The smallest absolute Gasteiger partial charge is 0.371 e. The van der Waals surface area contributed by atoms with Gasteiger partial charge in [0.05, 0.1) is 14.2 Å². The molecule has 0 aliphatic carbocycles. The van der Waals surface area contributed by atoms with Crippen molar-refractivity contribution in [1.29, 1.82) is 0 Å². The van der Waals surface area contributed by atoms with E-state index in [1.807, 2.05) is 0 Å². The van der Waals surface area contributed by atoms with Crippen LogP contribution in [0.15, 0.2) is 27.4 Å². The Balaban J connectivity index is 2.86. The van der Waals surface area contributed by atoms with Gasteiger partial charge in [0.2, 0.25) is 5.76 Å². The van der Waals surface area contributed by atoms with Crippen LogP contribution >= 0.6 is 0 Å². The Hall–Kier alpha value is -2.50. The van der Waals surface area contributed by atoms with Crippen LogP contribution in [0.25, 0.3) is 11.0 Å². The molecular weight excluding hydrogens is 240 g/mol. The SMILES string of the molecule is COc1cc(OC)c2c(=O)cc(C(=O)O)oc2c1. The zero-order valence-corrected chi connectivity index (χ0v) is 9.72. The third-order valence-electron chi connectivity index (χ3n) is 2.43. The summed E-state index contributed by atoms with van der Waals surface area (Å²) >= 11 is 0. The maximum Gasteiger partial charge on any atom is 0.371 e. The summed E-state index contributed by atoms with van der Waals surface area (Å²) in [6, 6.07) is 3.88. The molecule has 1 N–H and O–H groups in total. The number of carbonyl (C=O) groups is 1. The van der Waals surface area contributed by atoms with Crippen molar-refractivity contribution in [3.05, 3.63) is 34.2 Å². The molecule has 2 aromatic rings. The fourth-order valence-electron chi connectivity index (χ4n) is 1.61. The van der Waals surface area contributed by atoms with Gasteiger partial charge in [-0.15, -0.1) is 0 Å². The van der Waals surface area contributed by atoms with E-state index in [2.05, 4.69) is 0 Å². The quantitative estimate of drug-likeness (QED) is 0.888. The molecule has 0 amide bonds. The summed E-state index contributed by atoms with van der Waals surface area (Å²) in [7, 11) is 2.85. The number of benzene rings is 1. The maximum absolute atomic E-state index is 11.8. The van der Waals surface area contributed by atoms with Crippen molar-refractivity contribution in [2.75, 3.05) is 14.2 Å². The molecular formula is C12H10O6. The molecule has 0 spiro atoms. The maximum atomic E-state index is 11.8. The highest BCUT2D eigenvalue weighted by Gasteiger charge is 2.15. The summed E-state index contributed by atoms with van der Waals surface area (Å²) < 4.78 is 15.2. The molecule has 1 aromatic heterocycles. The lowest BCUT2D eigenvalue weighted by molar-refractivity contribution is 0.0663. The molecule has 0 bridgehead atoms. The first kappa shape index (κ1) is 12.0. The van der Waals surface area contributed by atoms with Gasteiger partial charge in [-0.3, -0.25) is 4.79 Å². The molecule has 1 aromatic carbocycles. The average Bonchev–Trinajstić information content (AvgIpc) is 2.36. The van der Waals surface area contributed by atoms with Crippen LogP contribution in [0.2, 0.25) is 0 Å². The second-order valence-electron chi connectivity index (χ2n) is 3.48. The van der Waals surface area contributed by atoms with Gasteiger partial charge in [-0.2, -0.15) is 0 Å². The largest absolute Gasteiger partial charge is 0.496 e. The Morgan fingerprint density at radius 3 is 2.50 bits per heavy atom. The first-order chi connectivity index (χ1) is 8.56. The number of ether oxygens (including phenoxy) is 2. The fourth-order valence-corrected chi connectivity index (χ4v) is 1.61. The van der Waals surface area contributed by atoms with Gasteiger partial charge in [0, 0.05) is 18.2 Å². The van der Waals surface area contributed by atoms with Crippen LogP contribution in [0, 0.1) is 0 Å². The second kappa shape index (κ2) is 4.40. The molecule has 2 rings (SSSR count). The third kappa shape index (κ3) is 1.88. The first-order valence-electron chi connectivity index (χ1n) is 5.00. The number of carboxylic acids is 1. The number of fused-ring (bicyclic) bond motifs is 1. The molecule has 0 saturated heterocycles. The normalized spacial score (nSPS) is 10.3. The number of hydrogen-bond donors (Lipinski definition) is 1. The van der Waals surface area contributed by atoms with Crippen LogP contribution < -0.4 is 14.9 Å². The van der Waals surface area contributed by atoms with Crippen molar-refractivity contribution >= 4 is 16.9 Å². The predicted octanol–water partition coefficient (Wildman–Crippen LogP) is 1.51. The van der Waals surface area contributed by atoms with E-state index in [0.717, 1.165) is 6.07 Å². The van der Waals surface area contributed by atoms with E-state index < -0.39 is 17.2 Å². The highest BCUT2D eigenvalue weighted by molar-refractivity contribution is 5.90. The molecule has 0 unspecified atom stereocenters. The first-order valence-corrected chi connectivity index (χ1v) is 5.00.